The predicted octanol–water partition coefficient (Wildman–Crippen LogP) is 14.9. The topological polar surface area (TPSA) is 55.4 Å². The summed E-state index contributed by atoms with van der Waals surface area (Å²) < 4.78 is 31.2. The molecule has 0 atom stereocenters. The second-order valence-corrected chi connectivity index (χ2v) is 16.7. The molecule has 0 aromatic heterocycles. The van der Waals surface area contributed by atoms with Crippen LogP contribution in [0.25, 0.3) is 0 Å². The molecule has 0 bridgehead atoms. The Labute approximate surface area is 381 Å². The summed E-state index contributed by atoms with van der Waals surface area (Å²) in [6.07, 6.45) is 2.50. The van der Waals surface area contributed by atoms with E-state index in [2.05, 4.69) is 142 Å². The van der Waals surface area contributed by atoms with Crippen molar-refractivity contribution in [3.8, 4) is 34.5 Å². The Hall–Kier alpha value is -5.88. The van der Waals surface area contributed by atoms with Gasteiger partial charge in [0.15, 0.2) is 0 Å². The number of methoxy groups -OCH3 is 6. The molecule has 0 heterocycles. The molecule has 0 amide bonds. The lowest BCUT2D eigenvalue weighted by atomic mass is 9.78. The third-order valence-corrected chi connectivity index (χ3v) is 10.9. The number of hydrogen-bond donors (Lipinski definition) is 0. The molecule has 340 valence electrons. The molecule has 0 aliphatic heterocycles. The van der Waals surface area contributed by atoms with Gasteiger partial charge in [0.25, 0.3) is 0 Å². The van der Waals surface area contributed by atoms with Crippen molar-refractivity contribution < 1.29 is 28.4 Å². The summed E-state index contributed by atoms with van der Waals surface area (Å²) in [7, 11) is 10.1. The zero-order chi connectivity index (χ0) is 47.1. The first-order chi connectivity index (χ1) is 30.1. The van der Waals surface area contributed by atoms with Crippen LogP contribution in [0.1, 0.15) is 115 Å². The average Bonchev–Trinajstić information content (AvgIpc) is 3.32. The molecule has 0 spiro atoms. The Morgan fingerprint density at radius 2 is 0.333 bits per heavy atom. The van der Waals surface area contributed by atoms with E-state index in [4.69, 9.17) is 28.4 Å². The Morgan fingerprint density at radius 1 is 0.238 bits per heavy atom. The minimum absolute atomic E-state index is 0.0431. The summed E-state index contributed by atoms with van der Waals surface area (Å²) in [5.41, 5.74) is 7.45. The Bertz CT molecular complexity index is 1700. The fraction of sp³-hybridized carbons (Fsp3) is 0.368. The molecular weight excluding hydrogens is 781 g/mol. The molecule has 0 N–H and O–H groups in total. The molecule has 6 nitrogen and oxygen atoms in total. The third kappa shape index (κ3) is 15.8. The fourth-order valence-electron chi connectivity index (χ4n) is 6.55. The van der Waals surface area contributed by atoms with Crippen molar-refractivity contribution in [2.75, 3.05) is 42.7 Å². The lowest BCUT2D eigenvalue weighted by Crippen LogP contribution is -2.18. The summed E-state index contributed by atoms with van der Waals surface area (Å²) in [5.74, 6) is 5.30. The highest BCUT2D eigenvalue weighted by Gasteiger charge is 2.25. The maximum Gasteiger partial charge on any atom is 0.118 e. The predicted molar refractivity (Wildman–Crippen MR) is 266 cm³/mol. The zero-order valence-electron chi connectivity index (χ0n) is 41.2. The van der Waals surface area contributed by atoms with Crippen LogP contribution in [0.15, 0.2) is 146 Å². The smallest absolute Gasteiger partial charge is 0.118 e. The summed E-state index contributed by atoms with van der Waals surface area (Å²) in [6.45, 7) is 21.8. The van der Waals surface area contributed by atoms with Crippen LogP contribution in [0, 0.1) is 0 Å². The van der Waals surface area contributed by atoms with Gasteiger partial charge in [-0.15, -0.1) is 0 Å². The first-order valence-corrected chi connectivity index (χ1v) is 21.9. The van der Waals surface area contributed by atoms with Crippen LogP contribution in [0.4, 0.5) is 0 Å². The van der Waals surface area contributed by atoms with Gasteiger partial charge in [0.05, 0.1) is 42.7 Å². The Morgan fingerprint density at radius 3 is 0.413 bits per heavy atom. The molecule has 63 heavy (non-hydrogen) atoms. The highest BCUT2D eigenvalue weighted by Crippen LogP contribution is 2.36. The van der Waals surface area contributed by atoms with Gasteiger partial charge in [-0.05, 0) is 106 Å². The highest BCUT2D eigenvalue weighted by molar-refractivity contribution is 5.44. The SMILES string of the molecule is CCC.CCC.COc1ccc(C(C)(C)c2ccc(OC)cc2)cc1.COc1ccc(C(C)(C)c2ccc(OC)cc2)cc1.COc1ccc(C(C)(C)c2ccc(OC)cc2)cc1. The second-order valence-electron chi connectivity index (χ2n) is 16.7. The Kier molecular flexibility index (Phi) is 22.5. The van der Waals surface area contributed by atoms with E-state index < -0.39 is 0 Å². The average molecular weight is 857 g/mol. The Balaban J connectivity index is 0.000000305. The minimum Gasteiger partial charge on any atom is -0.497 e. The van der Waals surface area contributed by atoms with Crippen LogP contribution < -0.4 is 28.4 Å². The maximum absolute atomic E-state index is 5.20. The van der Waals surface area contributed by atoms with Gasteiger partial charge < -0.3 is 28.4 Å². The normalized spacial score (nSPS) is 10.7. The van der Waals surface area contributed by atoms with E-state index in [9.17, 15) is 0 Å². The van der Waals surface area contributed by atoms with E-state index in [1.807, 2.05) is 72.8 Å². The molecule has 0 fully saturated rings. The summed E-state index contributed by atoms with van der Waals surface area (Å²) >= 11 is 0. The molecule has 0 saturated carbocycles. The van der Waals surface area contributed by atoms with Crippen LogP contribution in [0.3, 0.4) is 0 Å². The number of rotatable bonds is 12. The maximum atomic E-state index is 5.20. The minimum atomic E-state index is -0.0431. The standard InChI is InChI=1S/3C17H20O2.2C3H8/c3*1-17(2,13-5-9-15(18-3)10-6-13)14-7-11-16(19-4)12-8-14;2*1-3-2/h3*5-12H,1-4H3;2*3H2,1-2H3. The van der Waals surface area contributed by atoms with Crippen LogP contribution >= 0.6 is 0 Å². The first kappa shape index (κ1) is 53.3. The van der Waals surface area contributed by atoms with E-state index in [1.165, 1.54) is 46.2 Å². The van der Waals surface area contributed by atoms with E-state index in [0.717, 1.165) is 34.5 Å². The zero-order valence-corrected chi connectivity index (χ0v) is 41.2. The molecule has 0 unspecified atom stereocenters. The fourth-order valence-corrected chi connectivity index (χ4v) is 6.55. The molecule has 0 aliphatic carbocycles. The molecule has 0 radical (unpaired) electrons. The van der Waals surface area contributed by atoms with Crippen LogP contribution in [-0.4, -0.2) is 42.7 Å². The van der Waals surface area contributed by atoms with Gasteiger partial charge in [0.1, 0.15) is 34.5 Å². The number of ether oxygens (including phenoxy) is 6. The van der Waals surface area contributed by atoms with E-state index >= 15 is 0 Å². The van der Waals surface area contributed by atoms with Crippen LogP contribution in [-0.2, 0) is 16.2 Å². The quantitative estimate of drug-likeness (QED) is 0.122. The van der Waals surface area contributed by atoms with Crippen LogP contribution in [0.2, 0.25) is 0 Å². The van der Waals surface area contributed by atoms with Gasteiger partial charge in [-0.1, -0.05) is 155 Å². The van der Waals surface area contributed by atoms with Gasteiger partial charge in [-0.3, -0.25) is 0 Å². The van der Waals surface area contributed by atoms with Crippen molar-refractivity contribution in [3.05, 3.63) is 179 Å². The van der Waals surface area contributed by atoms with E-state index in [0.29, 0.717) is 0 Å². The number of hydrogen-bond acceptors (Lipinski definition) is 6. The van der Waals surface area contributed by atoms with Gasteiger partial charge in [-0.2, -0.15) is 0 Å². The molecule has 6 aromatic carbocycles. The van der Waals surface area contributed by atoms with Crippen molar-refractivity contribution in [3.63, 3.8) is 0 Å². The lowest BCUT2D eigenvalue weighted by molar-refractivity contribution is 0.413. The van der Waals surface area contributed by atoms with E-state index in [-0.39, 0.29) is 16.2 Å². The van der Waals surface area contributed by atoms with Gasteiger partial charge in [-0.25, -0.2) is 0 Å². The molecule has 0 aliphatic rings. The molecular formula is C57H76O6. The summed E-state index contributed by atoms with van der Waals surface area (Å²) in [5, 5.41) is 0. The van der Waals surface area contributed by atoms with Crippen molar-refractivity contribution in [2.24, 2.45) is 0 Å². The third-order valence-electron chi connectivity index (χ3n) is 10.9. The van der Waals surface area contributed by atoms with Gasteiger partial charge in [0.2, 0.25) is 0 Å². The highest BCUT2D eigenvalue weighted by atomic mass is 16.5. The monoisotopic (exact) mass is 857 g/mol. The largest absolute Gasteiger partial charge is 0.497 e. The lowest BCUT2D eigenvalue weighted by Gasteiger charge is -2.26. The molecule has 0 saturated heterocycles. The van der Waals surface area contributed by atoms with Gasteiger partial charge in [0, 0.05) is 16.2 Å². The van der Waals surface area contributed by atoms with Gasteiger partial charge >= 0.3 is 0 Å². The molecule has 6 rings (SSSR count). The van der Waals surface area contributed by atoms with Crippen molar-refractivity contribution in [1.82, 2.24) is 0 Å². The van der Waals surface area contributed by atoms with Crippen molar-refractivity contribution in [1.29, 1.82) is 0 Å². The van der Waals surface area contributed by atoms with Crippen molar-refractivity contribution in [2.45, 2.75) is 98.3 Å². The first-order valence-electron chi connectivity index (χ1n) is 21.9. The summed E-state index contributed by atoms with van der Waals surface area (Å²) in [4.78, 5) is 0. The second kappa shape index (κ2) is 26.6. The summed E-state index contributed by atoms with van der Waals surface area (Å²) in [6, 6.07) is 49.4. The molecule has 6 heteroatoms. The van der Waals surface area contributed by atoms with E-state index in [1.54, 1.807) is 42.7 Å². The number of benzene rings is 6. The van der Waals surface area contributed by atoms with Crippen LogP contribution in [0.5, 0.6) is 34.5 Å². The van der Waals surface area contributed by atoms with Crippen molar-refractivity contribution >= 4 is 0 Å². The molecule has 6 aromatic rings.